The van der Waals surface area contributed by atoms with Crippen LogP contribution in [0.2, 0.25) is 0 Å². The van der Waals surface area contributed by atoms with Crippen LogP contribution >= 0.6 is 0 Å². The first-order valence-electron chi connectivity index (χ1n) is 5.97. The van der Waals surface area contributed by atoms with Gasteiger partial charge in [0.15, 0.2) is 0 Å². The average molecular weight is 230 g/mol. The smallest absolute Gasteiger partial charge is 0.118 e. The summed E-state index contributed by atoms with van der Waals surface area (Å²) in [5.41, 5.74) is 0.888. The molecule has 1 aromatic carbocycles. The molecule has 0 saturated heterocycles. The first-order valence-corrected chi connectivity index (χ1v) is 5.97. The van der Waals surface area contributed by atoms with Gasteiger partial charge in [0.1, 0.15) is 11.3 Å². The number of benzene rings is 1. The van der Waals surface area contributed by atoms with Gasteiger partial charge in [-0.05, 0) is 36.5 Å². The molecule has 1 aromatic rings. The molecule has 90 valence electrons. The van der Waals surface area contributed by atoms with Crippen LogP contribution in [0.3, 0.4) is 0 Å². The minimum Gasteiger partial charge on any atom is -0.497 e. The van der Waals surface area contributed by atoms with Gasteiger partial charge < -0.3 is 4.74 Å². The van der Waals surface area contributed by atoms with Gasteiger partial charge in [-0.25, -0.2) is 0 Å². The van der Waals surface area contributed by atoms with E-state index in [1.54, 1.807) is 7.11 Å². The van der Waals surface area contributed by atoms with E-state index in [9.17, 15) is 5.26 Å². The highest BCUT2D eigenvalue weighted by molar-refractivity contribution is 5.27. The number of hydrogen-bond acceptors (Lipinski definition) is 3. The minimum absolute atomic E-state index is 0.292. The van der Waals surface area contributed by atoms with Crippen molar-refractivity contribution in [1.82, 2.24) is 5.32 Å². The molecule has 1 aliphatic rings. The van der Waals surface area contributed by atoms with E-state index in [2.05, 4.69) is 18.3 Å². The summed E-state index contributed by atoms with van der Waals surface area (Å²) in [5.74, 6) is 1.53. The van der Waals surface area contributed by atoms with Gasteiger partial charge >= 0.3 is 0 Å². The van der Waals surface area contributed by atoms with Gasteiger partial charge in [-0.1, -0.05) is 19.1 Å². The number of ether oxygens (including phenoxy) is 1. The van der Waals surface area contributed by atoms with E-state index in [0.29, 0.717) is 5.92 Å². The van der Waals surface area contributed by atoms with Crippen molar-refractivity contribution in [3.05, 3.63) is 29.8 Å². The minimum atomic E-state index is -0.292. The Kier molecular flexibility index (Phi) is 3.35. The number of nitrogens with zero attached hydrogens (tertiary/aromatic N) is 1. The van der Waals surface area contributed by atoms with Crippen LogP contribution < -0.4 is 10.1 Å². The van der Waals surface area contributed by atoms with Crippen molar-refractivity contribution in [3.63, 3.8) is 0 Å². The molecule has 0 heterocycles. The maximum Gasteiger partial charge on any atom is 0.118 e. The summed E-state index contributed by atoms with van der Waals surface area (Å²) in [7, 11) is 1.66. The van der Waals surface area contributed by atoms with E-state index in [0.717, 1.165) is 25.1 Å². The van der Waals surface area contributed by atoms with E-state index < -0.39 is 0 Å². The quantitative estimate of drug-likeness (QED) is 0.864. The summed E-state index contributed by atoms with van der Waals surface area (Å²) < 4.78 is 5.11. The van der Waals surface area contributed by atoms with Crippen molar-refractivity contribution < 1.29 is 4.74 Å². The molecular formula is C14H18N2O. The summed E-state index contributed by atoms with van der Waals surface area (Å²) in [6.45, 7) is 2.93. The van der Waals surface area contributed by atoms with Crippen LogP contribution in [-0.4, -0.2) is 12.6 Å². The Labute approximate surface area is 102 Å². The van der Waals surface area contributed by atoms with E-state index in [-0.39, 0.29) is 5.54 Å². The lowest BCUT2D eigenvalue weighted by Gasteiger charge is -2.41. The Bertz CT molecular complexity index is 413. The van der Waals surface area contributed by atoms with Crippen LogP contribution in [-0.2, 0) is 6.54 Å². The molecule has 0 radical (unpaired) electrons. The molecule has 1 saturated carbocycles. The summed E-state index contributed by atoms with van der Waals surface area (Å²) in [6.07, 6.45) is 1.92. The molecule has 17 heavy (non-hydrogen) atoms. The van der Waals surface area contributed by atoms with Crippen molar-refractivity contribution in [2.75, 3.05) is 7.11 Å². The van der Waals surface area contributed by atoms with Crippen molar-refractivity contribution in [3.8, 4) is 11.8 Å². The second kappa shape index (κ2) is 4.77. The van der Waals surface area contributed by atoms with Gasteiger partial charge in [-0.15, -0.1) is 0 Å². The summed E-state index contributed by atoms with van der Waals surface area (Å²) in [4.78, 5) is 0. The van der Waals surface area contributed by atoms with E-state index in [4.69, 9.17) is 4.74 Å². The third-order valence-corrected chi connectivity index (χ3v) is 3.40. The second-order valence-electron chi connectivity index (χ2n) is 4.91. The van der Waals surface area contributed by atoms with Gasteiger partial charge in [0.05, 0.1) is 13.2 Å². The fraction of sp³-hybridized carbons (Fsp3) is 0.500. The monoisotopic (exact) mass is 230 g/mol. The summed E-state index contributed by atoms with van der Waals surface area (Å²) in [6, 6.07) is 10.3. The lowest BCUT2D eigenvalue weighted by Crippen LogP contribution is -2.53. The second-order valence-corrected chi connectivity index (χ2v) is 4.91. The molecule has 1 N–H and O–H groups in total. The molecule has 1 fully saturated rings. The first-order chi connectivity index (χ1) is 8.17. The third kappa shape index (κ3) is 2.59. The molecule has 3 nitrogen and oxygen atoms in total. The Balaban J connectivity index is 1.91. The van der Waals surface area contributed by atoms with Gasteiger partial charge in [0, 0.05) is 6.54 Å². The van der Waals surface area contributed by atoms with Gasteiger partial charge in [-0.2, -0.15) is 5.26 Å². The molecule has 2 rings (SSSR count). The molecule has 1 aliphatic carbocycles. The lowest BCUT2D eigenvalue weighted by molar-refractivity contribution is 0.171. The Morgan fingerprint density at radius 2 is 2.06 bits per heavy atom. The van der Waals surface area contributed by atoms with Crippen molar-refractivity contribution in [2.45, 2.75) is 31.8 Å². The Morgan fingerprint density at radius 3 is 2.53 bits per heavy atom. The van der Waals surface area contributed by atoms with E-state index in [1.807, 2.05) is 24.3 Å². The standard InChI is InChI=1S/C14H18N2O/c1-11-7-14(8-11,10-15)16-9-12-3-5-13(17-2)6-4-12/h3-6,11,16H,7-9H2,1-2H3. The Hall–Kier alpha value is -1.53. The summed E-state index contributed by atoms with van der Waals surface area (Å²) >= 11 is 0. The number of methoxy groups -OCH3 is 1. The highest BCUT2D eigenvalue weighted by Crippen LogP contribution is 2.37. The molecule has 0 amide bonds. The molecule has 3 heteroatoms. The van der Waals surface area contributed by atoms with Gasteiger partial charge in [0.25, 0.3) is 0 Å². The highest BCUT2D eigenvalue weighted by atomic mass is 16.5. The van der Waals surface area contributed by atoms with Crippen LogP contribution in [0, 0.1) is 17.2 Å². The largest absolute Gasteiger partial charge is 0.497 e. The molecule has 0 atom stereocenters. The third-order valence-electron chi connectivity index (χ3n) is 3.40. The normalized spacial score (nSPS) is 27.0. The maximum absolute atomic E-state index is 9.18. The SMILES string of the molecule is COc1ccc(CNC2(C#N)CC(C)C2)cc1. The van der Waals surface area contributed by atoms with Gasteiger partial charge in [0.2, 0.25) is 0 Å². The molecular weight excluding hydrogens is 212 g/mol. The molecule has 0 spiro atoms. The first kappa shape index (κ1) is 11.9. The molecule has 0 bridgehead atoms. The predicted molar refractivity (Wildman–Crippen MR) is 66.6 cm³/mol. The number of nitrogens with one attached hydrogen (secondary N) is 1. The number of rotatable bonds is 4. The Morgan fingerprint density at radius 1 is 1.41 bits per heavy atom. The molecule has 0 unspecified atom stereocenters. The number of nitriles is 1. The number of hydrogen-bond donors (Lipinski definition) is 1. The van der Waals surface area contributed by atoms with Crippen molar-refractivity contribution in [1.29, 1.82) is 5.26 Å². The maximum atomic E-state index is 9.18. The highest BCUT2D eigenvalue weighted by Gasteiger charge is 2.41. The zero-order valence-electron chi connectivity index (χ0n) is 10.4. The zero-order valence-corrected chi connectivity index (χ0v) is 10.4. The van der Waals surface area contributed by atoms with Crippen LogP contribution in [0.15, 0.2) is 24.3 Å². The van der Waals surface area contributed by atoms with Crippen molar-refractivity contribution >= 4 is 0 Å². The van der Waals surface area contributed by atoms with Crippen LogP contribution in [0.25, 0.3) is 0 Å². The van der Waals surface area contributed by atoms with Crippen molar-refractivity contribution in [2.24, 2.45) is 5.92 Å². The van der Waals surface area contributed by atoms with Crippen LogP contribution in [0.5, 0.6) is 5.75 Å². The molecule has 0 aromatic heterocycles. The fourth-order valence-corrected chi connectivity index (χ4v) is 2.42. The van der Waals surface area contributed by atoms with Crippen LogP contribution in [0.4, 0.5) is 0 Å². The zero-order chi connectivity index (χ0) is 12.3. The fourth-order valence-electron chi connectivity index (χ4n) is 2.42. The van der Waals surface area contributed by atoms with Crippen LogP contribution in [0.1, 0.15) is 25.3 Å². The average Bonchev–Trinajstić information content (AvgIpc) is 2.34. The lowest BCUT2D eigenvalue weighted by atomic mass is 9.70. The van der Waals surface area contributed by atoms with Gasteiger partial charge in [-0.3, -0.25) is 5.32 Å². The van der Waals surface area contributed by atoms with E-state index >= 15 is 0 Å². The topological polar surface area (TPSA) is 45.0 Å². The molecule has 0 aliphatic heterocycles. The van der Waals surface area contributed by atoms with E-state index in [1.165, 1.54) is 5.56 Å². The predicted octanol–water partition coefficient (Wildman–Crippen LogP) is 2.48. The summed E-state index contributed by atoms with van der Waals surface area (Å²) in [5, 5.41) is 12.5.